The van der Waals surface area contributed by atoms with Crippen molar-refractivity contribution in [2.24, 2.45) is 0 Å². The van der Waals surface area contributed by atoms with Crippen LogP contribution in [0.5, 0.6) is 0 Å². The Morgan fingerprint density at radius 1 is 1.45 bits per heavy atom. The molecule has 0 N–H and O–H groups in total. The summed E-state index contributed by atoms with van der Waals surface area (Å²) in [6.07, 6.45) is 6.99. The lowest BCUT2D eigenvalue weighted by Crippen LogP contribution is -2.41. The van der Waals surface area contributed by atoms with Crippen LogP contribution in [0, 0.1) is 0 Å². The van der Waals surface area contributed by atoms with Crippen LogP contribution in [-0.2, 0) is 4.79 Å². The van der Waals surface area contributed by atoms with E-state index in [0.717, 1.165) is 6.42 Å². The Balaban J connectivity index is 1.85. The van der Waals surface area contributed by atoms with Gasteiger partial charge in [0.25, 0.3) is 0 Å². The highest BCUT2D eigenvalue weighted by Crippen LogP contribution is 2.14. The highest BCUT2D eigenvalue weighted by atomic mass is 16.2. The second kappa shape index (κ2) is 4.37. The van der Waals surface area contributed by atoms with Crippen LogP contribution in [0.25, 0.3) is 0 Å². The predicted octanol–water partition coefficient (Wildman–Crippen LogP) is 1.86. The largest absolute Gasteiger partial charge is 0.273 e. The molecule has 0 aromatic rings. The molecule has 2 nitrogen and oxygen atoms in total. The quantitative estimate of drug-likeness (QED) is 0.439. The Bertz CT molecular complexity index is 126. The zero-order valence-corrected chi connectivity index (χ0v) is 7.18. The topological polar surface area (TPSA) is 31.2 Å². The molecule has 1 radical (unpaired) electrons. The molecule has 1 fully saturated rings. The summed E-state index contributed by atoms with van der Waals surface area (Å²) >= 11 is 0. The number of hydrogen-bond donors (Lipinski definition) is 0. The van der Waals surface area contributed by atoms with E-state index in [-0.39, 0.29) is 5.91 Å². The van der Waals surface area contributed by atoms with E-state index in [9.17, 15) is 4.79 Å². The minimum absolute atomic E-state index is 0.102. The maximum atomic E-state index is 10.4. The van der Waals surface area contributed by atoms with Gasteiger partial charge in [-0.05, 0) is 6.42 Å². The molecule has 11 heavy (non-hydrogen) atoms. The normalized spacial score (nSPS) is 22.6. The minimum Gasteiger partial charge on any atom is -0.273 e. The van der Waals surface area contributed by atoms with E-state index in [1.807, 2.05) is 0 Å². The monoisotopic (exact) mass is 154 g/mol. The van der Waals surface area contributed by atoms with Gasteiger partial charge in [0.2, 0.25) is 5.91 Å². The fraction of sp³-hybridized carbons (Fsp3) is 0.889. The number of carbonyl (C=O) groups excluding carboxylic acids is 1. The molecule has 0 aromatic heterocycles. The third-order valence-corrected chi connectivity index (χ3v) is 2.13. The summed E-state index contributed by atoms with van der Waals surface area (Å²) in [5.74, 6) is 0.102. The molecule has 1 aliphatic heterocycles. The van der Waals surface area contributed by atoms with Gasteiger partial charge in [-0.2, -0.15) is 0 Å². The highest BCUT2D eigenvalue weighted by molar-refractivity contribution is 5.82. The van der Waals surface area contributed by atoms with E-state index in [1.54, 1.807) is 0 Å². The standard InChI is InChI=1S/C9H16NO/c1-2-3-4-5-6-8-7-9(11)10-8/h8H,2-7H2,1H3. The molecule has 63 valence electrons. The van der Waals surface area contributed by atoms with Crippen molar-refractivity contribution in [2.75, 3.05) is 0 Å². The summed E-state index contributed by atoms with van der Waals surface area (Å²) in [4.78, 5) is 10.4. The Kier molecular flexibility index (Phi) is 3.40. The van der Waals surface area contributed by atoms with Crippen molar-refractivity contribution in [3.05, 3.63) is 0 Å². The predicted molar refractivity (Wildman–Crippen MR) is 44.3 cm³/mol. The van der Waals surface area contributed by atoms with Gasteiger partial charge in [-0.1, -0.05) is 32.6 Å². The maximum Gasteiger partial charge on any atom is 0.243 e. The fourth-order valence-corrected chi connectivity index (χ4v) is 1.36. The molecule has 0 spiro atoms. The molecule has 0 saturated carbocycles. The van der Waals surface area contributed by atoms with E-state index in [1.165, 1.54) is 25.7 Å². The van der Waals surface area contributed by atoms with E-state index in [2.05, 4.69) is 12.2 Å². The van der Waals surface area contributed by atoms with Crippen LogP contribution in [-0.4, -0.2) is 11.9 Å². The zero-order chi connectivity index (χ0) is 8.10. The molecular formula is C9H16NO. The number of carbonyl (C=O) groups is 1. The third kappa shape index (κ3) is 2.91. The second-order valence-corrected chi connectivity index (χ2v) is 3.23. The lowest BCUT2D eigenvalue weighted by molar-refractivity contribution is -0.128. The lowest BCUT2D eigenvalue weighted by atomic mass is 9.99. The number of amides is 1. The number of unbranched alkanes of at least 4 members (excludes halogenated alkanes) is 3. The second-order valence-electron chi connectivity index (χ2n) is 3.23. The van der Waals surface area contributed by atoms with Crippen molar-refractivity contribution in [2.45, 2.75) is 51.5 Å². The van der Waals surface area contributed by atoms with Gasteiger partial charge in [0.05, 0.1) is 12.5 Å². The van der Waals surface area contributed by atoms with Crippen LogP contribution in [0.2, 0.25) is 0 Å². The molecule has 1 rings (SSSR count). The molecule has 0 aliphatic carbocycles. The number of rotatable bonds is 5. The Labute approximate surface area is 68.4 Å². The minimum atomic E-state index is 0.102. The van der Waals surface area contributed by atoms with E-state index < -0.39 is 0 Å². The summed E-state index contributed by atoms with van der Waals surface area (Å²) < 4.78 is 0. The van der Waals surface area contributed by atoms with Crippen LogP contribution in [0.15, 0.2) is 0 Å². The smallest absolute Gasteiger partial charge is 0.243 e. The third-order valence-electron chi connectivity index (χ3n) is 2.13. The molecular weight excluding hydrogens is 138 g/mol. The molecule has 1 atom stereocenters. The summed E-state index contributed by atoms with van der Waals surface area (Å²) in [5, 5.41) is 3.88. The van der Waals surface area contributed by atoms with Crippen molar-refractivity contribution in [1.29, 1.82) is 0 Å². The molecule has 0 aromatic carbocycles. The molecule has 0 bridgehead atoms. The average Bonchev–Trinajstić information content (AvgIpc) is 1.94. The van der Waals surface area contributed by atoms with Gasteiger partial charge in [0.15, 0.2) is 0 Å². The van der Waals surface area contributed by atoms with Crippen LogP contribution >= 0.6 is 0 Å². The van der Waals surface area contributed by atoms with E-state index >= 15 is 0 Å². The van der Waals surface area contributed by atoms with Crippen molar-refractivity contribution in [3.63, 3.8) is 0 Å². The Morgan fingerprint density at radius 3 is 2.73 bits per heavy atom. The zero-order valence-electron chi connectivity index (χ0n) is 7.18. The summed E-state index contributed by atoms with van der Waals surface area (Å²) in [6, 6.07) is 0.388. The fourth-order valence-electron chi connectivity index (χ4n) is 1.36. The van der Waals surface area contributed by atoms with E-state index in [0.29, 0.717) is 12.5 Å². The molecule has 2 heteroatoms. The van der Waals surface area contributed by atoms with Crippen LogP contribution in [0.3, 0.4) is 0 Å². The van der Waals surface area contributed by atoms with Gasteiger partial charge in [0.1, 0.15) is 0 Å². The van der Waals surface area contributed by atoms with Crippen molar-refractivity contribution in [3.8, 4) is 0 Å². The summed E-state index contributed by atoms with van der Waals surface area (Å²) in [5.41, 5.74) is 0. The van der Waals surface area contributed by atoms with Gasteiger partial charge >= 0.3 is 0 Å². The van der Waals surface area contributed by atoms with Gasteiger partial charge in [-0.3, -0.25) is 4.79 Å². The first-order valence-electron chi connectivity index (χ1n) is 4.56. The SMILES string of the molecule is CCCCCCC1CC(=O)[N]1. The number of hydrogen-bond acceptors (Lipinski definition) is 1. The molecule has 1 aliphatic rings. The summed E-state index contributed by atoms with van der Waals surface area (Å²) in [6.45, 7) is 2.21. The van der Waals surface area contributed by atoms with Crippen LogP contribution in [0.1, 0.15) is 45.4 Å². The van der Waals surface area contributed by atoms with Crippen LogP contribution < -0.4 is 5.32 Å². The first-order valence-corrected chi connectivity index (χ1v) is 4.56. The lowest BCUT2D eigenvalue weighted by Gasteiger charge is -2.23. The Morgan fingerprint density at radius 2 is 2.18 bits per heavy atom. The highest BCUT2D eigenvalue weighted by Gasteiger charge is 2.26. The molecule has 1 unspecified atom stereocenters. The summed E-state index contributed by atoms with van der Waals surface area (Å²) in [7, 11) is 0. The molecule has 1 amide bonds. The van der Waals surface area contributed by atoms with Gasteiger partial charge in [-0.25, -0.2) is 5.32 Å². The number of nitrogens with zero attached hydrogens (tertiary/aromatic N) is 1. The first-order chi connectivity index (χ1) is 5.33. The first kappa shape index (κ1) is 8.57. The number of β-lactam (4-membered cyclic amide) rings is 1. The van der Waals surface area contributed by atoms with Gasteiger partial charge in [-0.15, -0.1) is 0 Å². The van der Waals surface area contributed by atoms with Crippen LogP contribution in [0.4, 0.5) is 0 Å². The van der Waals surface area contributed by atoms with E-state index in [4.69, 9.17) is 0 Å². The van der Waals surface area contributed by atoms with Crippen molar-refractivity contribution >= 4 is 5.91 Å². The van der Waals surface area contributed by atoms with Gasteiger partial charge in [0, 0.05) is 0 Å². The maximum absolute atomic E-state index is 10.4. The molecule has 1 saturated heterocycles. The molecule has 1 heterocycles. The van der Waals surface area contributed by atoms with Crippen molar-refractivity contribution in [1.82, 2.24) is 5.32 Å². The Hall–Kier alpha value is -0.530. The van der Waals surface area contributed by atoms with Crippen molar-refractivity contribution < 1.29 is 4.79 Å². The average molecular weight is 154 g/mol. The van der Waals surface area contributed by atoms with Gasteiger partial charge < -0.3 is 0 Å².